The highest BCUT2D eigenvalue weighted by Gasteiger charge is 2.29. The lowest BCUT2D eigenvalue weighted by Gasteiger charge is -2.40. The van der Waals surface area contributed by atoms with Crippen molar-refractivity contribution in [2.75, 3.05) is 13.1 Å². The molecule has 2 rings (SSSR count). The minimum atomic E-state index is -0.119. The molecule has 2 fully saturated rings. The maximum atomic E-state index is 11.0. The van der Waals surface area contributed by atoms with E-state index in [-0.39, 0.29) is 12.1 Å². The van der Waals surface area contributed by atoms with E-state index in [1.165, 1.54) is 71.4 Å². The van der Waals surface area contributed by atoms with Gasteiger partial charge in [-0.1, -0.05) is 32.6 Å². The number of ether oxygens (including phenoxy) is 1. The van der Waals surface area contributed by atoms with Gasteiger partial charge in [0.15, 0.2) is 0 Å². The molecule has 0 atom stereocenters. The lowest BCUT2D eigenvalue weighted by Crippen LogP contribution is -2.44. The van der Waals surface area contributed by atoms with Gasteiger partial charge in [-0.2, -0.15) is 0 Å². The molecule has 1 saturated carbocycles. The predicted molar refractivity (Wildman–Crippen MR) is 86.2 cm³/mol. The van der Waals surface area contributed by atoms with Gasteiger partial charge in [-0.05, 0) is 57.5 Å². The van der Waals surface area contributed by atoms with Gasteiger partial charge in [-0.25, -0.2) is 0 Å². The van der Waals surface area contributed by atoms with Crippen LogP contribution in [0.3, 0.4) is 0 Å². The molecule has 122 valence electrons. The summed E-state index contributed by atoms with van der Waals surface area (Å²) in [7, 11) is 0. The average Bonchev–Trinajstić information content (AvgIpc) is 2.49. The minimum absolute atomic E-state index is 0.119. The van der Waals surface area contributed by atoms with Crippen LogP contribution in [0.4, 0.5) is 0 Å². The van der Waals surface area contributed by atoms with E-state index in [1.54, 1.807) is 0 Å². The lowest BCUT2D eigenvalue weighted by molar-refractivity contribution is -0.148. The SMILES string of the molecule is CCCCCC1CCN(C2CCC(OC(C)=O)CC2)CC1. The van der Waals surface area contributed by atoms with E-state index in [0.29, 0.717) is 0 Å². The van der Waals surface area contributed by atoms with E-state index in [2.05, 4.69) is 11.8 Å². The van der Waals surface area contributed by atoms with Crippen molar-refractivity contribution < 1.29 is 9.53 Å². The molecule has 0 spiro atoms. The summed E-state index contributed by atoms with van der Waals surface area (Å²) >= 11 is 0. The summed E-state index contributed by atoms with van der Waals surface area (Å²) in [5.74, 6) is 0.858. The first-order valence-electron chi connectivity index (χ1n) is 9.10. The van der Waals surface area contributed by atoms with Crippen molar-refractivity contribution in [3.8, 4) is 0 Å². The van der Waals surface area contributed by atoms with Gasteiger partial charge in [0.05, 0.1) is 0 Å². The van der Waals surface area contributed by atoms with Gasteiger partial charge in [-0.15, -0.1) is 0 Å². The fourth-order valence-corrected chi connectivity index (χ4v) is 4.05. The van der Waals surface area contributed by atoms with Gasteiger partial charge in [0.1, 0.15) is 6.10 Å². The van der Waals surface area contributed by atoms with Crippen LogP contribution in [0.2, 0.25) is 0 Å². The summed E-state index contributed by atoms with van der Waals surface area (Å²) in [6, 6.07) is 0.744. The quantitative estimate of drug-likeness (QED) is 0.544. The summed E-state index contributed by atoms with van der Waals surface area (Å²) in [6.07, 6.45) is 13.1. The molecule has 1 heterocycles. The summed E-state index contributed by atoms with van der Waals surface area (Å²) in [5, 5.41) is 0. The highest BCUT2D eigenvalue weighted by atomic mass is 16.5. The fourth-order valence-electron chi connectivity index (χ4n) is 4.05. The highest BCUT2D eigenvalue weighted by molar-refractivity contribution is 5.66. The van der Waals surface area contributed by atoms with Crippen LogP contribution in [0.15, 0.2) is 0 Å². The summed E-state index contributed by atoms with van der Waals surface area (Å²) < 4.78 is 5.34. The standard InChI is InChI=1S/C18H33NO2/c1-3-4-5-6-16-11-13-19(14-12-16)17-7-9-18(10-8-17)21-15(2)20/h16-18H,3-14H2,1-2H3. The van der Waals surface area contributed by atoms with Crippen LogP contribution in [0.1, 0.15) is 78.1 Å². The monoisotopic (exact) mass is 295 g/mol. The number of hydrogen-bond donors (Lipinski definition) is 0. The number of unbranched alkanes of at least 4 members (excludes halogenated alkanes) is 2. The number of nitrogens with zero attached hydrogens (tertiary/aromatic N) is 1. The molecule has 1 saturated heterocycles. The van der Waals surface area contributed by atoms with E-state index in [4.69, 9.17) is 4.74 Å². The zero-order valence-corrected chi connectivity index (χ0v) is 14.0. The number of likely N-dealkylation sites (tertiary alicyclic amines) is 1. The van der Waals surface area contributed by atoms with Crippen LogP contribution in [0.25, 0.3) is 0 Å². The summed E-state index contributed by atoms with van der Waals surface area (Å²) in [5.41, 5.74) is 0. The maximum Gasteiger partial charge on any atom is 0.302 e. The molecule has 0 aromatic rings. The second-order valence-electron chi connectivity index (χ2n) is 7.02. The number of carbonyl (C=O) groups is 1. The van der Waals surface area contributed by atoms with Crippen molar-refractivity contribution in [1.29, 1.82) is 0 Å². The molecule has 1 aliphatic carbocycles. The average molecular weight is 295 g/mol. The molecular formula is C18H33NO2. The van der Waals surface area contributed by atoms with E-state index < -0.39 is 0 Å². The number of piperidine rings is 1. The van der Waals surface area contributed by atoms with E-state index in [1.807, 2.05) is 0 Å². The van der Waals surface area contributed by atoms with Crippen LogP contribution in [-0.4, -0.2) is 36.1 Å². The molecular weight excluding hydrogens is 262 g/mol. The molecule has 21 heavy (non-hydrogen) atoms. The topological polar surface area (TPSA) is 29.5 Å². The number of carbonyl (C=O) groups excluding carboxylic acids is 1. The number of hydrogen-bond acceptors (Lipinski definition) is 3. The van der Waals surface area contributed by atoms with Crippen molar-refractivity contribution in [1.82, 2.24) is 4.90 Å². The molecule has 0 unspecified atom stereocenters. The Bertz CT molecular complexity index is 302. The van der Waals surface area contributed by atoms with Crippen LogP contribution >= 0.6 is 0 Å². The predicted octanol–water partition coefficient (Wildman–Crippen LogP) is 4.15. The van der Waals surface area contributed by atoms with Crippen LogP contribution in [0, 0.1) is 5.92 Å². The first kappa shape index (κ1) is 16.8. The van der Waals surface area contributed by atoms with Crippen molar-refractivity contribution in [2.24, 2.45) is 5.92 Å². The Kier molecular flexibility index (Phi) is 7.01. The lowest BCUT2D eigenvalue weighted by atomic mass is 9.87. The van der Waals surface area contributed by atoms with Crippen molar-refractivity contribution in [3.05, 3.63) is 0 Å². The van der Waals surface area contributed by atoms with E-state index >= 15 is 0 Å². The molecule has 3 nitrogen and oxygen atoms in total. The summed E-state index contributed by atoms with van der Waals surface area (Å²) in [6.45, 7) is 6.39. The smallest absolute Gasteiger partial charge is 0.302 e. The molecule has 0 aromatic carbocycles. The number of esters is 1. The van der Waals surface area contributed by atoms with Gasteiger partial charge in [0, 0.05) is 13.0 Å². The zero-order chi connectivity index (χ0) is 15.1. The maximum absolute atomic E-state index is 11.0. The third-order valence-corrected chi connectivity index (χ3v) is 5.36. The first-order chi connectivity index (χ1) is 10.2. The third-order valence-electron chi connectivity index (χ3n) is 5.36. The molecule has 0 amide bonds. The van der Waals surface area contributed by atoms with Crippen molar-refractivity contribution >= 4 is 5.97 Å². The van der Waals surface area contributed by atoms with E-state index in [9.17, 15) is 4.79 Å². The first-order valence-corrected chi connectivity index (χ1v) is 9.10. The molecule has 0 radical (unpaired) electrons. The van der Waals surface area contributed by atoms with Gasteiger partial charge >= 0.3 is 5.97 Å². The van der Waals surface area contributed by atoms with Gasteiger partial charge in [0.2, 0.25) is 0 Å². The largest absolute Gasteiger partial charge is 0.463 e. The molecule has 0 N–H and O–H groups in total. The Morgan fingerprint density at radius 1 is 1.05 bits per heavy atom. The molecule has 3 heteroatoms. The Hall–Kier alpha value is -0.570. The van der Waals surface area contributed by atoms with Gasteiger partial charge < -0.3 is 9.64 Å². The summed E-state index contributed by atoms with van der Waals surface area (Å²) in [4.78, 5) is 13.7. The number of rotatable bonds is 6. The Labute approximate surface area is 130 Å². The fraction of sp³-hybridized carbons (Fsp3) is 0.944. The van der Waals surface area contributed by atoms with Crippen molar-refractivity contribution in [2.45, 2.75) is 90.2 Å². The van der Waals surface area contributed by atoms with E-state index in [0.717, 1.165) is 24.8 Å². The molecule has 1 aliphatic heterocycles. The van der Waals surface area contributed by atoms with Crippen LogP contribution in [-0.2, 0) is 9.53 Å². The third kappa shape index (κ3) is 5.61. The Balaban J connectivity index is 1.63. The molecule has 0 aromatic heterocycles. The molecule has 2 aliphatic rings. The Morgan fingerprint density at radius 2 is 1.71 bits per heavy atom. The van der Waals surface area contributed by atoms with Crippen molar-refractivity contribution in [3.63, 3.8) is 0 Å². The van der Waals surface area contributed by atoms with Gasteiger partial charge in [-0.3, -0.25) is 4.79 Å². The minimum Gasteiger partial charge on any atom is -0.463 e. The Morgan fingerprint density at radius 3 is 2.29 bits per heavy atom. The van der Waals surface area contributed by atoms with Crippen LogP contribution in [0.5, 0.6) is 0 Å². The van der Waals surface area contributed by atoms with Crippen LogP contribution < -0.4 is 0 Å². The zero-order valence-electron chi connectivity index (χ0n) is 14.0. The second-order valence-corrected chi connectivity index (χ2v) is 7.02. The second kappa shape index (κ2) is 8.77. The highest BCUT2D eigenvalue weighted by Crippen LogP contribution is 2.30. The molecule has 0 bridgehead atoms. The van der Waals surface area contributed by atoms with Gasteiger partial charge in [0.25, 0.3) is 0 Å². The normalized spacial score (nSPS) is 28.5.